The Morgan fingerprint density at radius 3 is 2.33 bits per heavy atom. The van der Waals surface area contributed by atoms with E-state index in [1.165, 1.54) is 4.90 Å². The second kappa shape index (κ2) is 3.61. The maximum Gasteiger partial charge on any atom is 0.251 e. The first-order chi connectivity index (χ1) is 6.94. The third-order valence-electron chi connectivity index (χ3n) is 2.40. The van der Waals surface area contributed by atoms with E-state index in [9.17, 15) is 4.79 Å². The summed E-state index contributed by atoms with van der Waals surface area (Å²) >= 11 is 14.4. The minimum absolute atomic E-state index is 0.162. The van der Waals surface area contributed by atoms with Crippen LogP contribution < -0.4 is 4.90 Å². The molecule has 0 radical (unpaired) electrons. The molecule has 1 amide bonds. The predicted octanol–water partition coefficient (Wildman–Crippen LogP) is 2.46. The van der Waals surface area contributed by atoms with E-state index in [1.807, 2.05) is 31.2 Å². The maximum atomic E-state index is 11.6. The summed E-state index contributed by atoms with van der Waals surface area (Å²) in [5.41, 5.74) is 1.91. The van der Waals surface area contributed by atoms with Gasteiger partial charge in [0.05, 0.1) is 0 Å². The van der Waals surface area contributed by atoms with E-state index < -0.39 is 9.58 Å². The summed E-state index contributed by atoms with van der Waals surface area (Å²) in [6, 6.07) is 7.58. The number of benzene rings is 1. The van der Waals surface area contributed by atoms with Crippen LogP contribution >= 0.6 is 36.9 Å². The molecule has 0 aromatic heterocycles. The van der Waals surface area contributed by atoms with E-state index in [0.717, 1.165) is 11.3 Å². The lowest BCUT2D eigenvalue weighted by Crippen LogP contribution is -2.67. The fourth-order valence-electron chi connectivity index (χ4n) is 1.50. The lowest BCUT2D eigenvalue weighted by atomic mass is 10.1. The standard InChI is InChI=1S/C10H10ClNOS2/c1-6-2-4-7(5-3-6)12-9(13)8(11)10(12,14)15/h2-5,8,14-15H,1H3. The molecule has 0 saturated carbocycles. The quantitative estimate of drug-likeness (QED) is 0.344. The van der Waals surface area contributed by atoms with Crippen molar-refractivity contribution >= 4 is 48.5 Å². The van der Waals surface area contributed by atoms with Gasteiger partial charge in [0.15, 0.2) is 9.58 Å². The van der Waals surface area contributed by atoms with Crippen molar-refractivity contribution in [3.05, 3.63) is 29.8 Å². The molecular weight excluding hydrogens is 250 g/mol. The number of thiol groups is 2. The Kier molecular flexibility index (Phi) is 2.69. The minimum atomic E-state index is -0.895. The first kappa shape index (κ1) is 11.2. The van der Waals surface area contributed by atoms with Gasteiger partial charge in [-0.2, -0.15) is 0 Å². The van der Waals surface area contributed by atoms with E-state index in [-0.39, 0.29) is 5.91 Å². The molecule has 1 aliphatic rings. The Morgan fingerprint density at radius 1 is 1.33 bits per heavy atom. The van der Waals surface area contributed by atoms with Crippen molar-refractivity contribution in [2.75, 3.05) is 4.90 Å². The molecule has 1 unspecified atom stereocenters. The van der Waals surface area contributed by atoms with Gasteiger partial charge in [0, 0.05) is 5.69 Å². The van der Waals surface area contributed by atoms with Gasteiger partial charge in [-0.25, -0.2) is 0 Å². The zero-order chi connectivity index (χ0) is 11.2. The van der Waals surface area contributed by atoms with Gasteiger partial charge in [0.2, 0.25) is 0 Å². The van der Waals surface area contributed by atoms with Crippen LogP contribution in [-0.2, 0) is 4.79 Å². The van der Waals surface area contributed by atoms with Crippen LogP contribution in [0.1, 0.15) is 5.56 Å². The summed E-state index contributed by atoms with van der Waals surface area (Å²) in [6.45, 7) is 1.99. The lowest BCUT2D eigenvalue weighted by molar-refractivity contribution is -0.122. The Labute approximate surface area is 104 Å². The van der Waals surface area contributed by atoms with Gasteiger partial charge >= 0.3 is 0 Å². The van der Waals surface area contributed by atoms with Crippen molar-refractivity contribution in [2.24, 2.45) is 0 Å². The molecule has 2 nitrogen and oxygen atoms in total. The highest BCUT2D eigenvalue weighted by atomic mass is 35.5. The Hall–Kier alpha value is -0.320. The van der Waals surface area contributed by atoms with Crippen molar-refractivity contribution in [1.29, 1.82) is 0 Å². The fourth-order valence-corrected chi connectivity index (χ4v) is 2.34. The summed E-state index contributed by atoms with van der Waals surface area (Å²) in [5.74, 6) is -0.162. The molecule has 1 fully saturated rings. The molecule has 80 valence electrons. The number of hydrogen-bond acceptors (Lipinski definition) is 3. The predicted molar refractivity (Wildman–Crippen MR) is 69.0 cm³/mol. The second-order valence-corrected chi connectivity index (χ2v) is 5.71. The number of carbonyl (C=O) groups excluding carboxylic acids is 1. The molecule has 0 spiro atoms. The Morgan fingerprint density at radius 2 is 1.87 bits per heavy atom. The van der Waals surface area contributed by atoms with Crippen LogP contribution in [0.4, 0.5) is 5.69 Å². The van der Waals surface area contributed by atoms with Gasteiger partial charge in [-0.05, 0) is 19.1 Å². The van der Waals surface area contributed by atoms with E-state index >= 15 is 0 Å². The number of alkyl halides is 1. The topological polar surface area (TPSA) is 20.3 Å². The smallest absolute Gasteiger partial charge is 0.251 e. The first-order valence-corrected chi connectivity index (χ1v) is 5.77. The molecule has 1 saturated heterocycles. The van der Waals surface area contributed by atoms with Gasteiger partial charge in [0.1, 0.15) is 0 Å². The van der Waals surface area contributed by atoms with E-state index in [0.29, 0.717) is 0 Å². The molecule has 1 aliphatic heterocycles. The number of amides is 1. The van der Waals surface area contributed by atoms with E-state index in [1.54, 1.807) is 0 Å². The van der Waals surface area contributed by atoms with Crippen molar-refractivity contribution < 1.29 is 4.79 Å². The molecule has 2 rings (SSSR count). The van der Waals surface area contributed by atoms with Crippen LogP contribution in [0, 0.1) is 6.92 Å². The highest BCUT2D eigenvalue weighted by Gasteiger charge is 2.56. The number of hydrogen-bond donors (Lipinski definition) is 2. The zero-order valence-electron chi connectivity index (χ0n) is 8.01. The van der Waals surface area contributed by atoms with Crippen LogP contribution in [0.3, 0.4) is 0 Å². The van der Waals surface area contributed by atoms with Crippen LogP contribution in [0.2, 0.25) is 0 Å². The summed E-state index contributed by atoms with van der Waals surface area (Å²) in [6.07, 6.45) is 0. The third kappa shape index (κ3) is 1.65. The van der Waals surface area contributed by atoms with Gasteiger partial charge in [0.25, 0.3) is 5.91 Å². The van der Waals surface area contributed by atoms with Gasteiger partial charge < -0.3 is 0 Å². The Balaban J connectivity index is 2.33. The molecular formula is C10H10ClNOS2. The minimum Gasteiger partial charge on any atom is -0.285 e. The number of β-lactam (4-membered cyclic amide) rings is 1. The van der Waals surface area contributed by atoms with E-state index in [2.05, 4.69) is 25.3 Å². The number of carbonyl (C=O) groups is 1. The highest BCUT2D eigenvalue weighted by Crippen LogP contribution is 2.45. The Bertz CT molecular complexity index is 404. The average molecular weight is 260 g/mol. The normalized spacial score (nSPS) is 23.9. The number of anilines is 1. The molecule has 1 atom stereocenters. The maximum absolute atomic E-state index is 11.6. The van der Waals surface area contributed by atoms with Crippen LogP contribution in [0.25, 0.3) is 0 Å². The molecule has 1 heterocycles. The summed E-state index contributed by atoms with van der Waals surface area (Å²) in [4.78, 5) is 13.0. The number of rotatable bonds is 1. The SMILES string of the molecule is Cc1ccc(N2C(=O)C(Cl)C2(S)S)cc1. The van der Waals surface area contributed by atoms with Gasteiger partial charge in [-0.15, -0.1) is 36.9 Å². The molecule has 1 aromatic carbocycles. The highest BCUT2D eigenvalue weighted by molar-refractivity contribution is 8.01. The number of halogens is 1. The molecule has 5 heteroatoms. The van der Waals surface area contributed by atoms with Crippen LogP contribution in [-0.4, -0.2) is 15.5 Å². The van der Waals surface area contributed by atoms with Crippen LogP contribution in [0.5, 0.6) is 0 Å². The summed E-state index contributed by atoms with van der Waals surface area (Å²) in [7, 11) is 0. The largest absolute Gasteiger partial charge is 0.285 e. The number of nitrogens with zero attached hydrogens (tertiary/aromatic N) is 1. The second-order valence-electron chi connectivity index (χ2n) is 3.56. The van der Waals surface area contributed by atoms with Crippen molar-refractivity contribution in [3.63, 3.8) is 0 Å². The average Bonchev–Trinajstić information content (AvgIpc) is 2.20. The van der Waals surface area contributed by atoms with Crippen molar-refractivity contribution in [3.8, 4) is 0 Å². The molecule has 0 aliphatic carbocycles. The van der Waals surface area contributed by atoms with Gasteiger partial charge in [-0.3, -0.25) is 9.69 Å². The molecule has 1 aromatic rings. The zero-order valence-corrected chi connectivity index (χ0v) is 10.6. The number of aryl methyl sites for hydroxylation is 1. The van der Waals surface area contributed by atoms with E-state index in [4.69, 9.17) is 11.6 Å². The molecule has 0 bridgehead atoms. The monoisotopic (exact) mass is 259 g/mol. The summed E-state index contributed by atoms with van der Waals surface area (Å²) < 4.78 is -0.895. The third-order valence-corrected chi connectivity index (χ3v) is 4.12. The van der Waals surface area contributed by atoms with Gasteiger partial charge in [-0.1, -0.05) is 17.7 Å². The lowest BCUT2D eigenvalue weighted by Gasteiger charge is -2.49. The van der Waals surface area contributed by atoms with Crippen molar-refractivity contribution in [1.82, 2.24) is 0 Å². The molecule has 0 N–H and O–H groups in total. The summed E-state index contributed by atoms with van der Waals surface area (Å²) in [5, 5.41) is -0.675. The fraction of sp³-hybridized carbons (Fsp3) is 0.300. The van der Waals surface area contributed by atoms with Crippen LogP contribution in [0.15, 0.2) is 24.3 Å². The molecule has 15 heavy (non-hydrogen) atoms. The first-order valence-electron chi connectivity index (χ1n) is 4.44. The van der Waals surface area contributed by atoms with Crippen molar-refractivity contribution in [2.45, 2.75) is 16.5 Å².